The molecule has 2 aromatic carbocycles. The molecule has 1 aliphatic heterocycles. The van der Waals surface area contributed by atoms with Crippen LogP contribution in [0.2, 0.25) is 0 Å². The average Bonchev–Trinajstić information content (AvgIpc) is 3.48. The van der Waals surface area contributed by atoms with Gasteiger partial charge in [-0.25, -0.2) is 4.98 Å². The van der Waals surface area contributed by atoms with E-state index >= 15 is 0 Å². The number of carbonyl (C=O) groups is 2. The maximum absolute atomic E-state index is 14.1. The number of carbonyl (C=O) groups excluding carboxylic acids is 2. The molecule has 2 aromatic heterocycles. The third-order valence-electron chi connectivity index (χ3n) is 6.98. The van der Waals surface area contributed by atoms with Crippen LogP contribution in [0, 0.1) is 6.92 Å². The summed E-state index contributed by atoms with van der Waals surface area (Å²) in [6.07, 6.45) is 3.35. The van der Waals surface area contributed by atoms with Gasteiger partial charge in [-0.05, 0) is 50.1 Å². The van der Waals surface area contributed by atoms with Gasteiger partial charge in [0.1, 0.15) is 5.01 Å². The second-order valence-corrected chi connectivity index (χ2v) is 10.4. The number of hydrogen-bond acceptors (Lipinski definition) is 7. The zero-order chi connectivity index (χ0) is 27.5. The molecule has 4 aromatic rings. The van der Waals surface area contributed by atoms with Crippen LogP contribution in [0.15, 0.2) is 90.5 Å². The number of hydrogen-bond donors (Lipinski definition) is 1. The predicted molar refractivity (Wildman–Crippen MR) is 154 cm³/mol. The number of anilines is 1. The highest BCUT2D eigenvalue weighted by Gasteiger charge is 2.44. The van der Waals surface area contributed by atoms with Crippen molar-refractivity contribution in [3.63, 3.8) is 0 Å². The van der Waals surface area contributed by atoms with E-state index in [2.05, 4.69) is 28.7 Å². The minimum atomic E-state index is -0.752. The molecule has 0 fully saturated rings. The van der Waals surface area contributed by atoms with Crippen LogP contribution in [0.3, 0.4) is 0 Å². The van der Waals surface area contributed by atoms with E-state index < -0.39 is 17.7 Å². The van der Waals surface area contributed by atoms with Gasteiger partial charge in [0, 0.05) is 43.3 Å². The highest BCUT2D eigenvalue weighted by Crippen LogP contribution is 2.42. The summed E-state index contributed by atoms with van der Waals surface area (Å²) >= 11 is 1.27. The fraction of sp³-hybridized carbons (Fsp3) is 0.226. The van der Waals surface area contributed by atoms with Gasteiger partial charge in [0.15, 0.2) is 5.76 Å². The lowest BCUT2D eigenvalue weighted by Gasteiger charge is -2.28. The molecule has 1 aliphatic rings. The minimum absolute atomic E-state index is 0.0749. The first kappa shape index (κ1) is 26.3. The van der Waals surface area contributed by atoms with Crippen LogP contribution in [0.4, 0.5) is 5.69 Å². The normalized spacial score (nSPS) is 15.2. The summed E-state index contributed by atoms with van der Waals surface area (Å²) in [5.74, 6) is -1.48. The van der Waals surface area contributed by atoms with E-state index in [1.54, 1.807) is 30.3 Å². The van der Waals surface area contributed by atoms with Crippen molar-refractivity contribution in [2.75, 3.05) is 18.0 Å². The first-order valence-corrected chi connectivity index (χ1v) is 13.8. The molecular weight excluding hydrogens is 508 g/mol. The molecule has 1 atom stereocenters. The molecule has 3 heterocycles. The molecule has 198 valence electrons. The number of Topliss-reactive ketones (excluding diaryl/α,β-unsaturated/α-hetero) is 1. The number of aryl methyl sites for hydroxylation is 1. The van der Waals surface area contributed by atoms with E-state index in [9.17, 15) is 14.7 Å². The third kappa shape index (κ3) is 5.07. The van der Waals surface area contributed by atoms with Gasteiger partial charge in [0.25, 0.3) is 5.91 Å². The summed E-state index contributed by atoms with van der Waals surface area (Å²) in [7, 11) is 0. The number of pyridine rings is 1. The predicted octanol–water partition coefficient (Wildman–Crippen LogP) is 6.14. The second-order valence-electron chi connectivity index (χ2n) is 9.35. The molecule has 0 bridgehead atoms. The lowest BCUT2D eigenvalue weighted by atomic mass is 9.94. The van der Waals surface area contributed by atoms with Crippen molar-refractivity contribution in [1.29, 1.82) is 0 Å². The van der Waals surface area contributed by atoms with Gasteiger partial charge < -0.3 is 14.9 Å². The van der Waals surface area contributed by atoms with Crippen molar-refractivity contribution in [3.8, 4) is 10.6 Å². The Morgan fingerprint density at radius 2 is 1.74 bits per heavy atom. The number of benzene rings is 2. The van der Waals surface area contributed by atoms with E-state index in [4.69, 9.17) is 0 Å². The van der Waals surface area contributed by atoms with Crippen LogP contribution in [0.25, 0.3) is 10.6 Å². The monoisotopic (exact) mass is 538 g/mol. The Morgan fingerprint density at radius 1 is 1.03 bits per heavy atom. The number of aliphatic hydroxyl groups is 1. The molecule has 8 heteroatoms. The molecule has 0 radical (unpaired) electrons. The van der Waals surface area contributed by atoms with E-state index in [0.717, 1.165) is 35.5 Å². The van der Waals surface area contributed by atoms with Gasteiger partial charge in [0.05, 0.1) is 22.2 Å². The number of aromatic nitrogens is 2. The first-order chi connectivity index (χ1) is 18.9. The molecule has 1 N–H and O–H groups in total. The van der Waals surface area contributed by atoms with Gasteiger partial charge in [-0.15, -0.1) is 11.3 Å². The maximum Gasteiger partial charge on any atom is 0.290 e. The molecular formula is C31H30N4O3S. The summed E-state index contributed by atoms with van der Waals surface area (Å²) in [4.78, 5) is 40.5. The zero-order valence-corrected chi connectivity index (χ0v) is 23.0. The van der Waals surface area contributed by atoms with Gasteiger partial charge >= 0.3 is 0 Å². The Kier molecular flexibility index (Phi) is 7.56. The van der Waals surface area contributed by atoms with Crippen molar-refractivity contribution in [3.05, 3.63) is 112 Å². The molecule has 39 heavy (non-hydrogen) atoms. The summed E-state index contributed by atoms with van der Waals surface area (Å²) in [5.41, 5.74) is 4.16. The number of nitrogens with zero attached hydrogens (tertiary/aromatic N) is 4. The highest BCUT2D eigenvalue weighted by atomic mass is 32.1. The van der Waals surface area contributed by atoms with Gasteiger partial charge in [-0.1, -0.05) is 48.5 Å². The van der Waals surface area contributed by atoms with Gasteiger partial charge in [-0.2, -0.15) is 0 Å². The van der Waals surface area contributed by atoms with Crippen LogP contribution in [0.1, 0.15) is 46.4 Å². The standard InChI is InChI=1S/C31H30N4O3S/c1-4-34(5-2)24-15-13-22(14-16-24)26-25(28(37)31(38)35(26)19-21-10-9-17-32-18-21)27(36)29-20(3)33-30(39-29)23-11-7-6-8-12-23/h6-18,26,37H,4-5,19H2,1-3H3. The zero-order valence-electron chi connectivity index (χ0n) is 22.2. The van der Waals surface area contributed by atoms with Crippen LogP contribution >= 0.6 is 11.3 Å². The lowest BCUT2D eigenvalue weighted by molar-refractivity contribution is -0.130. The van der Waals surface area contributed by atoms with Gasteiger partial charge in [-0.3, -0.25) is 14.6 Å². The van der Waals surface area contributed by atoms with Crippen LogP contribution in [-0.2, 0) is 11.3 Å². The van der Waals surface area contributed by atoms with Crippen LogP contribution in [-0.4, -0.2) is 44.8 Å². The van der Waals surface area contributed by atoms with E-state index in [1.165, 1.54) is 11.3 Å². The topological polar surface area (TPSA) is 86.6 Å². The molecule has 1 amide bonds. The lowest BCUT2D eigenvalue weighted by Crippen LogP contribution is -2.31. The van der Waals surface area contributed by atoms with E-state index in [0.29, 0.717) is 15.6 Å². The fourth-order valence-corrected chi connectivity index (χ4v) is 6.00. The van der Waals surface area contributed by atoms with Crippen molar-refractivity contribution in [1.82, 2.24) is 14.9 Å². The Bertz CT molecular complexity index is 1510. The van der Waals surface area contributed by atoms with Gasteiger partial charge in [0.2, 0.25) is 5.78 Å². The SMILES string of the molecule is CCN(CC)c1ccc(C2C(C(=O)c3sc(-c4ccccc4)nc3C)=C(O)C(=O)N2Cc2cccnc2)cc1. The Balaban J connectivity index is 1.57. The second kappa shape index (κ2) is 11.2. The Morgan fingerprint density at radius 3 is 2.38 bits per heavy atom. The highest BCUT2D eigenvalue weighted by molar-refractivity contribution is 7.17. The largest absolute Gasteiger partial charge is 0.503 e. The number of amides is 1. The number of ketones is 1. The molecule has 7 nitrogen and oxygen atoms in total. The van der Waals surface area contributed by atoms with Crippen molar-refractivity contribution < 1.29 is 14.7 Å². The number of rotatable bonds is 9. The number of thiazole rings is 1. The number of aliphatic hydroxyl groups excluding tert-OH is 1. The molecule has 0 aliphatic carbocycles. The van der Waals surface area contributed by atoms with Crippen molar-refractivity contribution in [2.45, 2.75) is 33.4 Å². The molecule has 1 unspecified atom stereocenters. The summed E-state index contributed by atoms with van der Waals surface area (Å²) in [5, 5.41) is 11.8. The average molecular weight is 539 g/mol. The van der Waals surface area contributed by atoms with Crippen molar-refractivity contribution >= 4 is 28.7 Å². The summed E-state index contributed by atoms with van der Waals surface area (Å²) in [6, 6.07) is 20.4. The fourth-order valence-electron chi connectivity index (χ4n) is 4.97. The molecule has 0 spiro atoms. The molecule has 5 rings (SSSR count). The molecule has 0 saturated carbocycles. The smallest absolute Gasteiger partial charge is 0.290 e. The molecule has 0 saturated heterocycles. The summed E-state index contributed by atoms with van der Waals surface area (Å²) < 4.78 is 0. The van der Waals surface area contributed by atoms with E-state index in [1.807, 2.05) is 60.7 Å². The van der Waals surface area contributed by atoms with Crippen molar-refractivity contribution in [2.24, 2.45) is 0 Å². The van der Waals surface area contributed by atoms with E-state index in [-0.39, 0.29) is 17.9 Å². The third-order valence-corrected chi connectivity index (χ3v) is 8.19. The quantitative estimate of drug-likeness (QED) is 0.258. The van der Waals surface area contributed by atoms with Crippen LogP contribution in [0.5, 0.6) is 0 Å². The Hall–Kier alpha value is -4.30. The van der Waals surface area contributed by atoms with Crippen LogP contribution < -0.4 is 4.90 Å². The minimum Gasteiger partial charge on any atom is -0.503 e. The summed E-state index contributed by atoms with van der Waals surface area (Å²) in [6.45, 7) is 7.91. The Labute approximate surface area is 232 Å². The maximum atomic E-state index is 14.1. The first-order valence-electron chi connectivity index (χ1n) is 13.0.